The summed E-state index contributed by atoms with van der Waals surface area (Å²) < 4.78 is 5.12. The summed E-state index contributed by atoms with van der Waals surface area (Å²) >= 11 is 0. The molecule has 5 heteroatoms. The number of pyridine rings is 1. The standard InChI is InChI=1S/C17H21N3O2/c1-3-4-10-19-17(21)13-9-11-18-16(12-13)20-14-5-7-15(22-2)8-6-14/h5-9,11-12H,3-4,10H2,1-2H3,(H,18,20)(H,19,21). The molecule has 1 heterocycles. The number of ether oxygens (including phenoxy) is 1. The summed E-state index contributed by atoms with van der Waals surface area (Å²) in [4.78, 5) is 16.3. The van der Waals surface area contributed by atoms with E-state index >= 15 is 0 Å². The lowest BCUT2D eigenvalue weighted by Gasteiger charge is -2.08. The number of nitrogens with zero attached hydrogens (tertiary/aromatic N) is 1. The normalized spacial score (nSPS) is 10.1. The maximum Gasteiger partial charge on any atom is 0.251 e. The van der Waals surface area contributed by atoms with E-state index in [0.29, 0.717) is 17.9 Å². The Morgan fingerprint density at radius 1 is 1.23 bits per heavy atom. The summed E-state index contributed by atoms with van der Waals surface area (Å²) in [6.07, 6.45) is 3.66. The fourth-order valence-electron chi connectivity index (χ4n) is 1.94. The zero-order valence-corrected chi connectivity index (χ0v) is 12.9. The molecule has 2 rings (SSSR count). The topological polar surface area (TPSA) is 63.2 Å². The van der Waals surface area contributed by atoms with E-state index in [1.165, 1.54) is 0 Å². The zero-order chi connectivity index (χ0) is 15.8. The van der Waals surface area contributed by atoms with Gasteiger partial charge in [-0.15, -0.1) is 0 Å². The zero-order valence-electron chi connectivity index (χ0n) is 12.9. The number of benzene rings is 1. The van der Waals surface area contributed by atoms with Gasteiger partial charge >= 0.3 is 0 Å². The fourth-order valence-corrected chi connectivity index (χ4v) is 1.94. The van der Waals surface area contributed by atoms with Crippen LogP contribution in [0.1, 0.15) is 30.1 Å². The first-order valence-corrected chi connectivity index (χ1v) is 7.38. The van der Waals surface area contributed by atoms with Crippen LogP contribution in [0.2, 0.25) is 0 Å². The Morgan fingerprint density at radius 3 is 2.68 bits per heavy atom. The second kappa shape index (κ2) is 8.02. The average Bonchev–Trinajstić information content (AvgIpc) is 2.56. The number of rotatable bonds is 7. The molecule has 0 aliphatic rings. The van der Waals surface area contributed by atoms with E-state index < -0.39 is 0 Å². The van der Waals surface area contributed by atoms with Gasteiger partial charge in [0.2, 0.25) is 0 Å². The number of nitrogens with one attached hydrogen (secondary N) is 2. The molecular weight excluding hydrogens is 278 g/mol. The smallest absolute Gasteiger partial charge is 0.251 e. The summed E-state index contributed by atoms with van der Waals surface area (Å²) in [5.74, 6) is 1.35. The van der Waals surface area contributed by atoms with Crippen molar-refractivity contribution in [3.63, 3.8) is 0 Å². The molecule has 0 radical (unpaired) electrons. The third kappa shape index (κ3) is 4.48. The minimum Gasteiger partial charge on any atom is -0.497 e. The Bertz CT molecular complexity index is 612. The minimum atomic E-state index is -0.0753. The molecule has 0 unspecified atom stereocenters. The quantitative estimate of drug-likeness (QED) is 0.769. The van der Waals surface area contributed by atoms with Crippen LogP contribution in [-0.4, -0.2) is 24.5 Å². The van der Waals surface area contributed by atoms with Crippen LogP contribution >= 0.6 is 0 Å². The van der Waals surface area contributed by atoms with Crippen molar-refractivity contribution in [1.29, 1.82) is 0 Å². The molecule has 0 saturated heterocycles. The van der Waals surface area contributed by atoms with E-state index in [-0.39, 0.29) is 5.91 Å². The monoisotopic (exact) mass is 299 g/mol. The van der Waals surface area contributed by atoms with Gasteiger partial charge < -0.3 is 15.4 Å². The lowest BCUT2D eigenvalue weighted by molar-refractivity contribution is 0.0953. The Labute approximate surface area is 130 Å². The summed E-state index contributed by atoms with van der Waals surface area (Å²) in [6, 6.07) is 11.0. The van der Waals surface area contributed by atoms with Crippen molar-refractivity contribution in [1.82, 2.24) is 10.3 Å². The highest BCUT2D eigenvalue weighted by Crippen LogP contribution is 2.19. The van der Waals surface area contributed by atoms with Crippen molar-refractivity contribution in [2.24, 2.45) is 0 Å². The number of anilines is 2. The molecule has 0 fully saturated rings. The number of amides is 1. The predicted molar refractivity (Wildman–Crippen MR) is 87.8 cm³/mol. The molecule has 5 nitrogen and oxygen atoms in total. The van der Waals surface area contributed by atoms with Gasteiger partial charge in [0, 0.05) is 24.0 Å². The van der Waals surface area contributed by atoms with Gasteiger partial charge in [-0.2, -0.15) is 0 Å². The summed E-state index contributed by atoms with van der Waals surface area (Å²) in [6.45, 7) is 2.79. The molecule has 1 amide bonds. The molecule has 0 aliphatic carbocycles. The van der Waals surface area contributed by atoms with Gasteiger partial charge in [-0.05, 0) is 42.8 Å². The predicted octanol–water partition coefficient (Wildman–Crippen LogP) is 3.36. The molecule has 0 atom stereocenters. The molecule has 2 N–H and O–H groups in total. The lowest BCUT2D eigenvalue weighted by Crippen LogP contribution is -2.24. The third-order valence-corrected chi connectivity index (χ3v) is 3.20. The van der Waals surface area contributed by atoms with Crippen molar-refractivity contribution >= 4 is 17.4 Å². The third-order valence-electron chi connectivity index (χ3n) is 3.20. The van der Waals surface area contributed by atoms with E-state index in [1.54, 1.807) is 25.4 Å². The van der Waals surface area contributed by atoms with E-state index in [0.717, 1.165) is 24.3 Å². The molecule has 0 bridgehead atoms. The van der Waals surface area contributed by atoms with Gasteiger partial charge in [-0.1, -0.05) is 13.3 Å². The maximum atomic E-state index is 12.0. The molecular formula is C17H21N3O2. The number of methoxy groups -OCH3 is 1. The number of carbonyl (C=O) groups is 1. The number of hydrogen-bond acceptors (Lipinski definition) is 4. The molecule has 116 valence electrons. The summed E-state index contributed by atoms with van der Waals surface area (Å²) in [5, 5.41) is 6.07. The highest BCUT2D eigenvalue weighted by Gasteiger charge is 2.06. The number of carbonyl (C=O) groups excluding carboxylic acids is 1. The van der Waals surface area contributed by atoms with Crippen LogP contribution in [0.25, 0.3) is 0 Å². The average molecular weight is 299 g/mol. The molecule has 22 heavy (non-hydrogen) atoms. The SMILES string of the molecule is CCCCNC(=O)c1ccnc(Nc2ccc(OC)cc2)c1. The molecule has 2 aromatic rings. The highest BCUT2D eigenvalue weighted by molar-refractivity contribution is 5.94. The molecule has 0 saturated carbocycles. The van der Waals surface area contributed by atoms with E-state index in [4.69, 9.17) is 4.74 Å². The summed E-state index contributed by atoms with van der Waals surface area (Å²) in [5.41, 5.74) is 1.49. The van der Waals surface area contributed by atoms with Crippen molar-refractivity contribution in [3.05, 3.63) is 48.2 Å². The second-order valence-electron chi connectivity index (χ2n) is 4.89. The number of hydrogen-bond donors (Lipinski definition) is 2. The highest BCUT2D eigenvalue weighted by atomic mass is 16.5. The van der Waals surface area contributed by atoms with Crippen LogP contribution in [-0.2, 0) is 0 Å². The van der Waals surface area contributed by atoms with Crippen LogP contribution in [0.15, 0.2) is 42.6 Å². The van der Waals surface area contributed by atoms with Gasteiger partial charge in [0.1, 0.15) is 11.6 Å². The lowest BCUT2D eigenvalue weighted by atomic mass is 10.2. The van der Waals surface area contributed by atoms with Gasteiger partial charge in [0.15, 0.2) is 0 Å². The van der Waals surface area contributed by atoms with E-state index in [1.807, 2.05) is 24.3 Å². The van der Waals surface area contributed by atoms with Gasteiger partial charge in [0.25, 0.3) is 5.91 Å². The largest absolute Gasteiger partial charge is 0.497 e. The Hall–Kier alpha value is -2.56. The van der Waals surface area contributed by atoms with Gasteiger partial charge in [-0.3, -0.25) is 4.79 Å². The first kappa shape index (κ1) is 15.8. The summed E-state index contributed by atoms with van der Waals surface area (Å²) in [7, 11) is 1.63. The van der Waals surface area contributed by atoms with E-state index in [2.05, 4.69) is 22.5 Å². The van der Waals surface area contributed by atoms with Crippen LogP contribution < -0.4 is 15.4 Å². The first-order valence-electron chi connectivity index (χ1n) is 7.38. The van der Waals surface area contributed by atoms with Gasteiger partial charge in [0.05, 0.1) is 7.11 Å². The van der Waals surface area contributed by atoms with Crippen molar-refractivity contribution in [2.45, 2.75) is 19.8 Å². The fraction of sp³-hybridized carbons (Fsp3) is 0.294. The second-order valence-corrected chi connectivity index (χ2v) is 4.89. The minimum absolute atomic E-state index is 0.0753. The number of unbranched alkanes of at least 4 members (excludes halogenated alkanes) is 1. The van der Waals surface area contributed by atoms with Crippen LogP contribution in [0.3, 0.4) is 0 Å². The van der Waals surface area contributed by atoms with Crippen molar-refractivity contribution < 1.29 is 9.53 Å². The van der Waals surface area contributed by atoms with Crippen LogP contribution in [0.4, 0.5) is 11.5 Å². The molecule has 0 aliphatic heterocycles. The van der Waals surface area contributed by atoms with Crippen molar-refractivity contribution in [2.75, 3.05) is 19.0 Å². The Kier molecular flexibility index (Phi) is 5.77. The Balaban J connectivity index is 2.02. The van der Waals surface area contributed by atoms with E-state index in [9.17, 15) is 4.79 Å². The van der Waals surface area contributed by atoms with Crippen LogP contribution in [0.5, 0.6) is 5.75 Å². The molecule has 0 spiro atoms. The molecule has 1 aromatic heterocycles. The van der Waals surface area contributed by atoms with Gasteiger partial charge in [-0.25, -0.2) is 4.98 Å². The molecule has 1 aromatic carbocycles. The van der Waals surface area contributed by atoms with Crippen LogP contribution in [0, 0.1) is 0 Å². The first-order chi connectivity index (χ1) is 10.7. The number of aromatic nitrogens is 1. The Morgan fingerprint density at radius 2 is 2.00 bits per heavy atom. The van der Waals surface area contributed by atoms with Crippen molar-refractivity contribution in [3.8, 4) is 5.75 Å². The maximum absolute atomic E-state index is 12.0.